The van der Waals surface area contributed by atoms with Crippen molar-refractivity contribution >= 4 is 51.7 Å². The predicted molar refractivity (Wildman–Crippen MR) is 112 cm³/mol. The van der Waals surface area contributed by atoms with Gasteiger partial charge in [-0.25, -0.2) is 0 Å². The lowest BCUT2D eigenvalue weighted by molar-refractivity contribution is -0.107. The maximum atomic E-state index is 11.6. The third kappa shape index (κ3) is 10.1. The van der Waals surface area contributed by atoms with Crippen LogP contribution in [0.2, 0.25) is 0 Å². The molecule has 0 radical (unpaired) electrons. The van der Waals surface area contributed by atoms with E-state index in [9.17, 15) is 4.79 Å². The summed E-state index contributed by atoms with van der Waals surface area (Å²) < 4.78 is 2.08. The lowest BCUT2D eigenvalue weighted by atomic mass is 10.2. The Morgan fingerprint density at radius 3 is 2.50 bits per heavy atom. The number of aromatic nitrogens is 2. The maximum absolute atomic E-state index is 11.6. The summed E-state index contributed by atoms with van der Waals surface area (Å²) in [5.74, 6) is 2.03. The Bertz CT molecular complexity index is 479. The van der Waals surface area contributed by atoms with Crippen molar-refractivity contribution in [3.8, 4) is 0 Å². The van der Waals surface area contributed by atoms with E-state index in [0.29, 0.717) is 5.25 Å². The lowest BCUT2D eigenvalue weighted by Gasteiger charge is -2.12. The molecule has 0 amide bonds. The molecule has 1 atom stereocenters. The van der Waals surface area contributed by atoms with Gasteiger partial charge in [0.25, 0.3) is 0 Å². The summed E-state index contributed by atoms with van der Waals surface area (Å²) in [6, 6.07) is 0. The number of nitrogens with zero attached hydrogens (tertiary/aromatic N) is 2. The largest absolute Gasteiger partial charge is 0.282 e. The minimum Gasteiger partial charge on any atom is -0.282 e. The second-order valence-corrected chi connectivity index (χ2v) is 10.4. The van der Waals surface area contributed by atoms with Crippen LogP contribution in [0.25, 0.3) is 0 Å². The third-order valence-corrected chi connectivity index (χ3v) is 8.12. The van der Waals surface area contributed by atoms with Gasteiger partial charge >= 0.3 is 0 Å². The molecular formula is C17H28N2OS4. The van der Waals surface area contributed by atoms with E-state index in [1.54, 1.807) is 23.1 Å². The van der Waals surface area contributed by atoms with Crippen molar-refractivity contribution in [1.82, 2.24) is 10.2 Å². The van der Waals surface area contributed by atoms with Crippen molar-refractivity contribution in [2.75, 3.05) is 11.5 Å². The zero-order valence-corrected chi connectivity index (χ0v) is 17.9. The number of carbonyl (C=O) groups excluding carboxylic acids is 1. The normalized spacial score (nSPS) is 12.2. The number of unbranched alkanes of at least 4 members (excludes halogenated alkanes) is 4. The van der Waals surface area contributed by atoms with Crippen LogP contribution in [0, 0.1) is 0 Å². The van der Waals surface area contributed by atoms with E-state index >= 15 is 0 Å². The van der Waals surface area contributed by atoms with Crippen LogP contribution >= 0.6 is 46.6 Å². The molecule has 0 aliphatic rings. The highest BCUT2D eigenvalue weighted by molar-refractivity contribution is 8.15. The summed E-state index contributed by atoms with van der Waals surface area (Å²) in [4.78, 5) is 11.6. The van der Waals surface area contributed by atoms with Crippen LogP contribution in [0.15, 0.2) is 21.3 Å². The fraction of sp³-hybridized carbons (Fsp3) is 0.706. The van der Waals surface area contributed by atoms with Crippen LogP contribution in [-0.4, -0.2) is 32.1 Å². The summed E-state index contributed by atoms with van der Waals surface area (Å²) in [5.41, 5.74) is 0. The average molecular weight is 405 g/mol. The van der Waals surface area contributed by atoms with Gasteiger partial charge in [-0.3, -0.25) is 4.79 Å². The Morgan fingerprint density at radius 1 is 1.12 bits per heavy atom. The van der Waals surface area contributed by atoms with Gasteiger partial charge in [0.15, 0.2) is 8.68 Å². The van der Waals surface area contributed by atoms with E-state index < -0.39 is 0 Å². The first-order valence-corrected chi connectivity index (χ1v) is 12.3. The second-order valence-electron chi connectivity index (χ2n) is 5.46. The molecule has 0 fully saturated rings. The van der Waals surface area contributed by atoms with Gasteiger partial charge in [0.05, 0.1) is 0 Å². The highest BCUT2D eigenvalue weighted by atomic mass is 32.2. The van der Waals surface area contributed by atoms with E-state index in [1.807, 2.05) is 11.8 Å². The number of thioether (sulfide) groups is 3. The van der Waals surface area contributed by atoms with Gasteiger partial charge in [-0.05, 0) is 18.9 Å². The van der Waals surface area contributed by atoms with Crippen molar-refractivity contribution in [2.24, 2.45) is 0 Å². The summed E-state index contributed by atoms with van der Waals surface area (Å²) in [6.45, 7) is 7.97. The van der Waals surface area contributed by atoms with Crippen LogP contribution in [0.3, 0.4) is 0 Å². The fourth-order valence-corrected chi connectivity index (χ4v) is 6.26. The van der Waals surface area contributed by atoms with Gasteiger partial charge in [0, 0.05) is 16.8 Å². The van der Waals surface area contributed by atoms with E-state index in [4.69, 9.17) is 0 Å². The Balaban J connectivity index is 2.35. The molecule has 1 unspecified atom stereocenters. The smallest absolute Gasteiger partial charge is 0.211 e. The zero-order valence-electron chi connectivity index (χ0n) is 14.7. The molecule has 1 aromatic heterocycles. The SMILES string of the molecule is C=CC(=O)SC(CCCC)CSc1nnc(SCCCCCC)s1. The van der Waals surface area contributed by atoms with Crippen LogP contribution in [0.1, 0.15) is 58.8 Å². The van der Waals surface area contributed by atoms with Crippen LogP contribution < -0.4 is 0 Å². The Labute approximate surface area is 163 Å². The van der Waals surface area contributed by atoms with Gasteiger partial charge in [0.2, 0.25) is 5.12 Å². The number of hydrogen-bond acceptors (Lipinski definition) is 7. The Hall–Kier alpha value is 0.0200. The molecule has 0 bridgehead atoms. The van der Waals surface area contributed by atoms with Crippen LogP contribution in [-0.2, 0) is 4.79 Å². The van der Waals surface area contributed by atoms with Crippen LogP contribution in [0.5, 0.6) is 0 Å². The standard InChI is InChI=1S/C17H28N2OS4/c1-4-7-9-10-12-21-16-18-19-17(24-16)22-13-14(11-8-5-2)23-15(20)6-3/h6,14H,3-5,7-13H2,1-2H3. The molecule has 0 saturated carbocycles. The fourth-order valence-electron chi connectivity index (χ4n) is 1.99. The number of hydrogen-bond donors (Lipinski definition) is 0. The molecule has 24 heavy (non-hydrogen) atoms. The van der Waals surface area contributed by atoms with Crippen molar-refractivity contribution in [3.63, 3.8) is 0 Å². The van der Waals surface area contributed by atoms with Crippen molar-refractivity contribution in [1.29, 1.82) is 0 Å². The van der Waals surface area contributed by atoms with Gasteiger partial charge in [-0.1, -0.05) is 99.2 Å². The molecule has 3 nitrogen and oxygen atoms in total. The lowest BCUT2D eigenvalue weighted by Crippen LogP contribution is -2.09. The molecule has 1 rings (SSSR count). The number of carbonyl (C=O) groups is 1. The highest BCUT2D eigenvalue weighted by Gasteiger charge is 2.15. The molecule has 0 aliphatic carbocycles. The quantitative estimate of drug-likeness (QED) is 0.206. The van der Waals surface area contributed by atoms with E-state index in [1.165, 1.54) is 43.5 Å². The molecule has 1 heterocycles. The molecule has 0 saturated heterocycles. The average Bonchev–Trinajstić information content (AvgIpc) is 3.04. The summed E-state index contributed by atoms with van der Waals surface area (Å²) in [5, 5.41) is 8.95. The molecular weight excluding hydrogens is 376 g/mol. The second kappa shape index (κ2) is 14.2. The van der Waals surface area contributed by atoms with E-state index in [2.05, 4.69) is 30.6 Å². The van der Waals surface area contributed by atoms with Crippen molar-refractivity contribution in [3.05, 3.63) is 12.7 Å². The first-order chi connectivity index (χ1) is 11.7. The van der Waals surface area contributed by atoms with Gasteiger partial charge < -0.3 is 0 Å². The topological polar surface area (TPSA) is 42.9 Å². The summed E-state index contributed by atoms with van der Waals surface area (Å²) >= 11 is 6.62. The van der Waals surface area contributed by atoms with E-state index in [-0.39, 0.29) is 5.12 Å². The highest BCUT2D eigenvalue weighted by Crippen LogP contribution is 2.32. The zero-order chi connectivity index (χ0) is 17.6. The van der Waals surface area contributed by atoms with Crippen LogP contribution in [0.4, 0.5) is 0 Å². The summed E-state index contributed by atoms with van der Waals surface area (Å²) in [6.07, 6.45) is 9.92. The summed E-state index contributed by atoms with van der Waals surface area (Å²) in [7, 11) is 0. The minimum absolute atomic E-state index is 0.0669. The van der Waals surface area contributed by atoms with Crippen molar-refractivity contribution in [2.45, 2.75) is 72.7 Å². The Morgan fingerprint density at radius 2 is 1.83 bits per heavy atom. The molecule has 0 spiro atoms. The third-order valence-electron chi connectivity index (χ3n) is 3.33. The van der Waals surface area contributed by atoms with Gasteiger partial charge in [-0.15, -0.1) is 10.2 Å². The molecule has 136 valence electrons. The molecule has 0 aromatic carbocycles. The molecule has 0 N–H and O–H groups in total. The molecule has 0 aliphatic heterocycles. The van der Waals surface area contributed by atoms with E-state index in [0.717, 1.165) is 39.4 Å². The minimum atomic E-state index is 0.0669. The first kappa shape index (κ1) is 22.1. The van der Waals surface area contributed by atoms with Gasteiger partial charge in [0.1, 0.15) is 0 Å². The van der Waals surface area contributed by atoms with Gasteiger partial charge in [-0.2, -0.15) is 0 Å². The first-order valence-electron chi connectivity index (χ1n) is 8.61. The Kier molecular flexibility index (Phi) is 13.1. The maximum Gasteiger partial charge on any atom is 0.211 e. The molecule has 1 aromatic rings. The molecule has 7 heteroatoms. The van der Waals surface area contributed by atoms with Crippen molar-refractivity contribution < 1.29 is 4.79 Å². The monoisotopic (exact) mass is 404 g/mol. The predicted octanol–water partition coefficient (Wildman–Crippen LogP) is 6.31. The number of rotatable bonds is 14.